The van der Waals surface area contributed by atoms with Gasteiger partial charge in [-0.05, 0) is 33.4 Å². The van der Waals surface area contributed by atoms with E-state index in [9.17, 15) is 4.79 Å². The number of carbonyl (C=O) groups excluding carboxylic acids is 1. The summed E-state index contributed by atoms with van der Waals surface area (Å²) in [5, 5.41) is 0.203. The minimum absolute atomic E-state index is 0.203. The molecule has 0 atom stereocenters. The van der Waals surface area contributed by atoms with Crippen LogP contribution < -0.4 is 0 Å². The predicted molar refractivity (Wildman–Crippen MR) is 126 cm³/mol. The van der Waals surface area contributed by atoms with Crippen LogP contribution in [0.15, 0.2) is 109 Å². The Balaban J connectivity index is 1.44. The highest BCUT2D eigenvalue weighted by atomic mass is 32.2. The monoisotopic (exact) mass is 406 g/mol. The number of hydrogen-bond acceptors (Lipinski definition) is 2. The van der Waals surface area contributed by atoms with Crippen LogP contribution in [0.2, 0.25) is 0 Å². The van der Waals surface area contributed by atoms with Crippen LogP contribution in [0, 0.1) is 0 Å². The molecule has 0 heterocycles. The third-order valence-corrected chi connectivity index (χ3v) is 6.88. The van der Waals surface area contributed by atoms with Gasteiger partial charge in [0.2, 0.25) is 5.12 Å². The summed E-state index contributed by atoms with van der Waals surface area (Å²) in [6.45, 7) is 0. The molecule has 1 aliphatic rings. The highest BCUT2D eigenvalue weighted by molar-refractivity contribution is 8.13. The maximum Gasteiger partial charge on any atom is 0.200 e. The number of benzene rings is 4. The summed E-state index contributed by atoms with van der Waals surface area (Å²) in [7, 11) is 0. The summed E-state index contributed by atoms with van der Waals surface area (Å²) in [5.74, 6) is 0.756. The Morgan fingerprint density at radius 1 is 0.633 bits per heavy atom. The first-order chi connectivity index (χ1) is 14.8. The summed E-state index contributed by atoms with van der Waals surface area (Å²) < 4.78 is 0. The molecular weight excluding hydrogens is 384 g/mol. The Morgan fingerprint density at radius 3 is 1.57 bits per heavy atom. The van der Waals surface area contributed by atoms with E-state index < -0.39 is 0 Å². The molecule has 30 heavy (non-hydrogen) atoms. The fourth-order valence-electron chi connectivity index (χ4n) is 4.44. The van der Waals surface area contributed by atoms with Crippen LogP contribution in [0.4, 0.5) is 0 Å². The van der Waals surface area contributed by atoms with Gasteiger partial charge in [-0.2, -0.15) is 0 Å². The van der Waals surface area contributed by atoms with Crippen molar-refractivity contribution in [2.75, 3.05) is 5.75 Å². The van der Waals surface area contributed by atoms with Crippen molar-refractivity contribution in [3.63, 3.8) is 0 Å². The van der Waals surface area contributed by atoms with Gasteiger partial charge in [-0.1, -0.05) is 121 Å². The Bertz CT molecular complexity index is 1080. The van der Waals surface area contributed by atoms with Gasteiger partial charge in [-0.3, -0.25) is 4.79 Å². The maximum absolute atomic E-state index is 13.5. The quantitative estimate of drug-likeness (QED) is 0.359. The molecule has 5 rings (SSSR count). The molecule has 146 valence electrons. The smallest absolute Gasteiger partial charge is 0.200 e. The molecule has 0 radical (unpaired) electrons. The molecule has 0 unspecified atom stereocenters. The van der Waals surface area contributed by atoms with Gasteiger partial charge in [0.15, 0.2) is 0 Å². The molecule has 1 aliphatic carbocycles. The molecule has 0 aromatic heterocycles. The summed E-state index contributed by atoms with van der Waals surface area (Å²) in [6.07, 6.45) is 0. The SMILES string of the molecule is O=C(SCC1c2ccccc2-c2ccccc21)C(c1ccccc1)c1ccccc1. The second kappa shape index (κ2) is 8.33. The number of fused-ring (bicyclic) bond motifs is 3. The summed E-state index contributed by atoms with van der Waals surface area (Å²) >= 11 is 1.46. The van der Waals surface area contributed by atoms with E-state index in [0.717, 1.165) is 16.9 Å². The van der Waals surface area contributed by atoms with Gasteiger partial charge < -0.3 is 0 Å². The average Bonchev–Trinajstić information content (AvgIpc) is 3.13. The fraction of sp³-hybridized carbons (Fsp3) is 0.107. The van der Waals surface area contributed by atoms with E-state index >= 15 is 0 Å². The molecule has 0 N–H and O–H groups in total. The lowest BCUT2D eigenvalue weighted by Gasteiger charge is -2.18. The van der Waals surface area contributed by atoms with Crippen LogP contribution in [-0.2, 0) is 4.79 Å². The molecule has 4 aromatic rings. The lowest BCUT2D eigenvalue weighted by molar-refractivity contribution is -0.111. The zero-order valence-corrected chi connectivity index (χ0v) is 17.4. The topological polar surface area (TPSA) is 17.1 Å². The van der Waals surface area contributed by atoms with Crippen LogP contribution >= 0.6 is 11.8 Å². The molecule has 0 fully saturated rings. The molecule has 0 bridgehead atoms. The lowest BCUT2D eigenvalue weighted by atomic mass is 9.92. The molecule has 1 nitrogen and oxygen atoms in total. The molecule has 0 saturated carbocycles. The largest absolute Gasteiger partial charge is 0.286 e. The van der Waals surface area contributed by atoms with E-state index in [2.05, 4.69) is 72.8 Å². The van der Waals surface area contributed by atoms with Crippen molar-refractivity contribution < 1.29 is 4.79 Å². The zero-order valence-electron chi connectivity index (χ0n) is 16.6. The van der Waals surface area contributed by atoms with Crippen molar-refractivity contribution in [3.8, 4) is 11.1 Å². The first-order valence-electron chi connectivity index (χ1n) is 10.3. The van der Waals surface area contributed by atoms with E-state index in [4.69, 9.17) is 0 Å². The van der Waals surface area contributed by atoms with Crippen molar-refractivity contribution in [1.82, 2.24) is 0 Å². The van der Waals surface area contributed by atoms with E-state index in [0.29, 0.717) is 0 Å². The van der Waals surface area contributed by atoms with Crippen molar-refractivity contribution >= 4 is 16.9 Å². The number of hydrogen-bond donors (Lipinski definition) is 0. The predicted octanol–water partition coefficient (Wildman–Crippen LogP) is 6.89. The summed E-state index contributed by atoms with van der Waals surface area (Å²) in [5.41, 5.74) is 7.36. The maximum atomic E-state index is 13.5. The van der Waals surface area contributed by atoms with Crippen molar-refractivity contribution in [2.45, 2.75) is 11.8 Å². The number of thioether (sulfide) groups is 1. The Labute approximate surface area is 181 Å². The minimum Gasteiger partial charge on any atom is -0.286 e. The second-order valence-electron chi connectivity index (χ2n) is 7.61. The Kier molecular flexibility index (Phi) is 5.25. The van der Waals surface area contributed by atoms with Crippen LogP contribution in [-0.4, -0.2) is 10.9 Å². The molecule has 4 aromatic carbocycles. The van der Waals surface area contributed by atoms with Crippen molar-refractivity contribution in [1.29, 1.82) is 0 Å². The van der Waals surface area contributed by atoms with Gasteiger partial charge in [-0.15, -0.1) is 0 Å². The number of rotatable bonds is 5. The molecule has 2 heteroatoms. The number of carbonyl (C=O) groups is 1. The van der Waals surface area contributed by atoms with Gasteiger partial charge in [0.25, 0.3) is 0 Å². The van der Waals surface area contributed by atoms with Crippen molar-refractivity contribution in [2.24, 2.45) is 0 Å². The van der Waals surface area contributed by atoms with Crippen molar-refractivity contribution in [3.05, 3.63) is 131 Å². The first-order valence-corrected chi connectivity index (χ1v) is 11.3. The van der Waals surface area contributed by atoms with Crippen LogP contribution in [0.25, 0.3) is 11.1 Å². The van der Waals surface area contributed by atoms with Gasteiger partial charge in [0.1, 0.15) is 0 Å². The molecule has 0 saturated heterocycles. The van der Waals surface area contributed by atoms with Gasteiger partial charge in [-0.25, -0.2) is 0 Å². The normalized spacial score (nSPS) is 12.6. The van der Waals surface area contributed by atoms with E-state index in [1.165, 1.54) is 34.0 Å². The minimum atomic E-state index is -0.246. The lowest BCUT2D eigenvalue weighted by Crippen LogP contribution is -2.13. The Hall–Kier alpha value is -3.10. The van der Waals surface area contributed by atoms with Crippen LogP contribution in [0.3, 0.4) is 0 Å². The zero-order chi connectivity index (χ0) is 20.3. The van der Waals surface area contributed by atoms with E-state index in [1.54, 1.807) is 0 Å². The van der Waals surface area contributed by atoms with Gasteiger partial charge in [0, 0.05) is 11.7 Å². The second-order valence-corrected chi connectivity index (χ2v) is 8.64. The molecular formula is C28H22OS. The third kappa shape index (κ3) is 3.48. The first kappa shape index (κ1) is 18.9. The summed E-state index contributed by atoms with van der Waals surface area (Å²) in [6, 6.07) is 37.4. The average molecular weight is 407 g/mol. The highest BCUT2D eigenvalue weighted by Crippen LogP contribution is 2.46. The fourth-order valence-corrected chi connectivity index (χ4v) is 5.57. The van der Waals surface area contributed by atoms with Gasteiger partial charge in [0.05, 0.1) is 5.92 Å². The van der Waals surface area contributed by atoms with Gasteiger partial charge >= 0.3 is 0 Å². The molecule has 0 amide bonds. The Morgan fingerprint density at radius 2 is 1.07 bits per heavy atom. The highest BCUT2D eigenvalue weighted by Gasteiger charge is 2.30. The summed E-state index contributed by atoms with van der Waals surface area (Å²) in [4.78, 5) is 13.5. The van der Waals surface area contributed by atoms with E-state index in [1.807, 2.05) is 36.4 Å². The third-order valence-electron chi connectivity index (χ3n) is 5.86. The molecule has 0 aliphatic heterocycles. The van der Waals surface area contributed by atoms with E-state index in [-0.39, 0.29) is 17.0 Å². The van der Waals surface area contributed by atoms with Crippen LogP contribution in [0.5, 0.6) is 0 Å². The standard InChI is InChI=1S/C28H22OS/c29-28(27(20-11-3-1-4-12-20)21-13-5-2-6-14-21)30-19-26-24-17-9-7-15-22(24)23-16-8-10-18-25(23)26/h1-18,26-27H,19H2. The van der Waals surface area contributed by atoms with Crippen LogP contribution in [0.1, 0.15) is 34.1 Å². The molecule has 0 spiro atoms.